The Morgan fingerprint density at radius 3 is 2.68 bits per heavy atom. The standard InChI is InChI=1S/C20H30BN3O7/c1-30-12-6-10-17(21(28)29)23-19(26)16-9-5-11-24(16)18(25)13-22-20(27)31-14-15-7-3-2-4-8-15/h2-4,7-8,16-17,28-29H,5-6,9-14H2,1H3,(H,22,27)(H,23,26). The van der Waals surface area contributed by atoms with Crippen molar-refractivity contribution in [3.63, 3.8) is 0 Å². The van der Waals surface area contributed by atoms with Gasteiger partial charge in [0.15, 0.2) is 0 Å². The monoisotopic (exact) mass is 435 g/mol. The summed E-state index contributed by atoms with van der Waals surface area (Å²) in [6.07, 6.45) is 1.24. The SMILES string of the molecule is COCCCC(NC(=O)C1CCCN1C(=O)CNC(=O)OCc1ccccc1)B(O)O. The zero-order chi connectivity index (χ0) is 22.6. The molecule has 0 saturated carbocycles. The number of benzene rings is 1. The molecule has 0 radical (unpaired) electrons. The Labute approximate surface area is 182 Å². The molecule has 10 nitrogen and oxygen atoms in total. The molecule has 0 aromatic heterocycles. The predicted octanol–water partition coefficient (Wildman–Crippen LogP) is -0.173. The number of amides is 3. The number of nitrogens with one attached hydrogen (secondary N) is 2. The van der Waals surface area contributed by atoms with Gasteiger partial charge in [0.05, 0.1) is 5.94 Å². The number of hydrogen-bond donors (Lipinski definition) is 4. The lowest BCUT2D eigenvalue weighted by Crippen LogP contribution is -2.54. The molecule has 3 amide bonds. The first-order valence-corrected chi connectivity index (χ1v) is 10.3. The fourth-order valence-electron chi connectivity index (χ4n) is 3.38. The molecular formula is C20H30BN3O7. The van der Waals surface area contributed by atoms with Crippen LogP contribution in [0.2, 0.25) is 0 Å². The van der Waals surface area contributed by atoms with Gasteiger partial charge in [0, 0.05) is 20.3 Å². The van der Waals surface area contributed by atoms with Crippen molar-refractivity contribution in [2.75, 3.05) is 26.8 Å². The highest BCUT2D eigenvalue weighted by atomic mass is 16.5. The van der Waals surface area contributed by atoms with E-state index in [-0.39, 0.29) is 13.2 Å². The number of carbonyl (C=O) groups is 3. The van der Waals surface area contributed by atoms with Crippen LogP contribution in [0.5, 0.6) is 0 Å². The molecule has 1 aliphatic rings. The van der Waals surface area contributed by atoms with Gasteiger partial charge >= 0.3 is 13.2 Å². The maximum Gasteiger partial charge on any atom is 0.475 e. The Morgan fingerprint density at radius 2 is 2.00 bits per heavy atom. The maximum atomic E-state index is 12.6. The Morgan fingerprint density at radius 1 is 1.26 bits per heavy atom. The van der Waals surface area contributed by atoms with E-state index in [4.69, 9.17) is 9.47 Å². The zero-order valence-electron chi connectivity index (χ0n) is 17.7. The summed E-state index contributed by atoms with van der Waals surface area (Å²) in [6.45, 7) is 0.605. The molecule has 2 unspecified atom stereocenters. The van der Waals surface area contributed by atoms with E-state index in [1.165, 1.54) is 12.0 Å². The van der Waals surface area contributed by atoms with E-state index in [9.17, 15) is 24.4 Å². The quantitative estimate of drug-likeness (QED) is 0.280. The molecule has 2 atom stereocenters. The fraction of sp³-hybridized carbons (Fsp3) is 0.550. The van der Waals surface area contributed by atoms with Crippen LogP contribution in [0.4, 0.5) is 4.79 Å². The Hall–Kier alpha value is -2.63. The third kappa shape index (κ3) is 8.20. The maximum absolute atomic E-state index is 12.6. The first kappa shape index (κ1) is 24.6. The average Bonchev–Trinajstić information content (AvgIpc) is 3.26. The van der Waals surface area contributed by atoms with E-state index < -0.39 is 37.0 Å². The van der Waals surface area contributed by atoms with Gasteiger partial charge in [0.2, 0.25) is 11.8 Å². The van der Waals surface area contributed by atoms with Crippen LogP contribution in [-0.2, 0) is 25.7 Å². The molecule has 1 saturated heterocycles. The van der Waals surface area contributed by atoms with E-state index >= 15 is 0 Å². The van der Waals surface area contributed by atoms with Crippen LogP contribution in [0.1, 0.15) is 31.2 Å². The highest BCUT2D eigenvalue weighted by Crippen LogP contribution is 2.18. The van der Waals surface area contributed by atoms with Crippen molar-refractivity contribution in [1.29, 1.82) is 0 Å². The molecule has 0 aliphatic carbocycles. The van der Waals surface area contributed by atoms with Gasteiger partial charge in [0.1, 0.15) is 19.2 Å². The Bertz CT molecular complexity index is 720. The molecule has 1 aromatic rings. The zero-order valence-corrected chi connectivity index (χ0v) is 17.7. The lowest BCUT2D eigenvalue weighted by Gasteiger charge is -2.26. The Balaban J connectivity index is 1.80. The molecule has 1 aromatic carbocycles. The number of carbonyl (C=O) groups excluding carboxylic acids is 3. The van der Waals surface area contributed by atoms with Crippen LogP contribution in [-0.4, -0.2) is 78.8 Å². The third-order valence-electron chi connectivity index (χ3n) is 5.02. The number of alkyl carbamates (subject to hydrolysis) is 1. The topological polar surface area (TPSA) is 137 Å². The van der Waals surface area contributed by atoms with Crippen molar-refractivity contribution >= 4 is 25.0 Å². The van der Waals surface area contributed by atoms with Crippen LogP contribution in [0.3, 0.4) is 0 Å². The minimum atomic E-state index is -1.72. The molecule has 0 bridgehead atoms. The molecule has 31 heavy (non-hydrogen) atoms. The van der Waals surface area contributed by atoms with Crippen molar-refractivity contribution in [2.45, 2.75) is 44.3 Å². The first-order chi connectivity index (χ1) is 14.9. The lowest BCUT2D eigenvalue weighted by atomic mass is 9.76. The van der Waals surface area contributed by atoms with Gasteiger partial charge in [0.25, 0.3) is 0 Å². The van der Waals surface area contributed by atoms with Crippen molar-refractivity contribution in [3.05, 3.63) is 35.9 Å². The number of nitrogens with zero attached hydrogens (tertiary/aromatic N) is 1. The Kier molecular flexibility index (Phi) is 10.3. The second kappa shape index (κ2) is 12.9. The number of ether oxygens (including phenoxy) is 2. The summed E-state index contributed by atoms with van der Waals surface area (Å²) in [5, 5.41) is 24.0. The van der Waals surface area contributed by atoms with Gasteiger partial charge < -0.3 is 35.1 Å². The fourth-order valence-corrected chi connectivity index (χ4v) is 3.38. The van der Waals surface area contributed by atoms with Gasteiger partial charge in [-0.15, -0.1) is 0 Å². The summed E-state index contributed by atoms with van der Waals surface area (Å²) in [6, 6.07) is 8.43. The predicted molar refractivity (Wildman–Crippen MR) is 113 cm³/mol. The number of likely N-dealkylation sites (tertiary alicyclic amines) is 1. The summed E-state index contributed by atoms with van der Waals surface area (Å²) < 4.78 is 10.0. The number of rotatable bonds is 11. The van der Waals surface area contributed by atoms with E-state index in [2.05, 4.69) is 10.6 Å². The summed E-state index contributed by atoms with van der Waals surface area (Å²) in [4.78, 5) is 38.4. The van der Waals surface area contributed by atoms with Gasteiger partial charge in [-0.05, 0) is 31.2 Å². The van der Waals surface area contributed by atoms with E-state index in [0.717, 1.165) is 5.56 Å². The van der Waals surface area contributed by atoms with Crippen LogP contribution < -0.4 is 10.6 Å². The molecule has 0 spiro atoms. The second-order valence-electron chi connectivity index (χ2n) is 7.32. The minimum absolute atomic E-state index is 0.0869. The van der Waals surface area contributed by atoms with Gasteiger partial charge in [-0.2, -0.15) is 0 Å². The number of methoxy groups -OCH3 is 1. The summed E-state index contributed by atoms with van der Waals surface area (Å²) in [5.41, 5.74) is 0.825. The van der Waals surface area contributed by atoms with Crippen molar-refractivity contribution < 1.29 is 33.9 Å². The highest BCUT2D eigenvalue weighted by Gasteiger charge is 2.36. The molecule has 170 valence electrons. The van der Waals surface area contributed by atoms with Gasteiger partial charge in [-0.1, -0.05) is 30.3 Å². The lowest BCUT2D eigenvalue weighted by molar-refractivity contribution is -0.137. The molecule has 2 rings (SSSR count). The van der Waals surface area contributed by atoms with Gasteiger partial charge in [-0.3, -0.25) is 9.59 Å². The number of hydrogen-bond acceptors (Lipinski definition) is 7. The summed E-state index contributed by atoms with van der Waals surface area (Å²) in [5.74, 6) is -1.71. The summed E-state index contributed by atoms with van der Waals surface area (Å²) in [7, 11) is -0.177. The normalized spacial score (nSPS) is 16.5. The van der Waals surface area contributed by atoms with E-state index in [1.54, 1.807) is 0 Å². The third-order valence-corrected chi connectivity index (χ3v) is 5.02. The van der Waals surface area contributed by atoms with E-state index in [1.807, 2.05) is 30.3 Å². The first-order valence-electron chi connectivity index (χ1n) is 10.3. The van der Waals surface area contributed by atoms with E-state index in [0.29, 0.717) is 38.8 Å². The van der Waals surface area contributed by atoms with Crippen LogP contribution in [0.15, 0.2) is 30.3 Å². The molecule has 1 aliphatic heterocycles. The van der Waals surface area contributed by atoms with Crippen molar-refractivity contribution in [2.24, 2.45) is 0 Å². The highest BCUT2D eigenvalue weighted by molar-refractivity contribution is 6.43. The summed E-state index contributed by atoms with van der Waals surface area (Å²) >= 11 is 0. The molecule has 1 fully saturated rings. The average molecular weight is 435 g/mol. The molecule has 1 heterocycles. The smallest absolute Gasteiger partial charge is 0.445 e. The van der Waals surface area contributed by atoms with Crippen LogP contribution in [0, 0.1) is 0 Å². The minimum Gasteiger partial charge on any atom is -0.445 e. The van der Waals surface area contributed by atoms with Crippen molar-refractivity contribution in [1.82, 2.24) is 15.5 Å². The van der Waals surface area contributed by atoms with Gasteiger partial charge in [-0.25, -0.2) is 4.79 Å². The molecular weight excluding hydrogens is 405 g/mol. The van der Waals surface area contributed by atoms with Crippen LogP contribution >= 0.6 is 0 Å². The van der Waals surface area contributed by atoms with Crippen molar-refractivity contribution in [3.8, 4) is 0 Å². The second-order valence-corrected chi connectivity index (χ2v) is 7.32. The molecule has 4 N–H and O–H groups in total. The largest absolute Gasteiger partial charge is 0.475 e. The molecule has 11 heteroatoms. The van der Waals surface area contributed by atoms with Crippen LogP contribution in [0.25, 0.3) is 0 Å².